The highest BCUT2D eigenvalue weighted by Crippen LogP contribution is 2.17. The van der Waals surface area contributed by atoms with E-state index in [1.54, 1.807) is 6.07 Å². The molecule has 114 valence electrons. The standard InChI is InChI=1S/C16H18N4O2/c1-9-4-5-13-14(6-9)19-16(18-13)11(3)17-15(21)8-12-7-10(2)20-22-12/h4-7,11H,8H2,1-3H3,(H,17,21)(H,18,19)/t11-/m1/s1. The van der Waals surface area contributed by atoms with Crippen molar-refractivity contribution in [3.8, 4) is 0 Å². The highest BCUT2D eigenvalue weighted by Gasteiger charge is 2.15. The summed E-state index contributed by atoms with van der Waals surface area (Å²) in [6, 6.07) is 7.58. The van der Waals surface area contributed by atoms with Gasteiger partial charge in [-0.15, -0.1) is 0 Å². The molecular weight excluding hydrogens is 280 g/mol. The molecule has 0 aliphatic rings. The van der Waals surface area contributed by atoms with E-state index < -0.39 is 0 Å². The Balaban J connectivity index is 1.69. The molecule has 3 rings (SSSR count). The number of rotatable bonds is 4. The maximum atomic E-state index is 12.0. The number of benzene rings is 1. The lowest BCUT2D eigenvalue weighted by atomic mass is 10.2. The van der Waals surface area contributed by atoms with E-state index >= 15 is 0 Å². The van der Waals surface area contributed by atoms with E-state index in [1.807, 2.05) is 39.0 Å². The number of aryl methyl sites for hydroxylation is 2. The second-order valence-corrected chi connectivity index (χ2v) is 5.54. The number of nitrogens with zero attached hydrogens (tertiary/aromatic N) is 2. The summed E-state index contributed by atoms with van der Waals surface area (Å²) in [4.78, 5) is 19.8. The Morgan fingerprint density at radius 2 is 2.18 bits per heavy atom. The van der Waals surface area contributed by atoms with Gasteiger partial charge in [0.2, 0.25) is 5.91 Å². The van der Waals surface area contributed by atoms with Gasteiger partial charge in [-0.25, -0.2) is 4.98 Å². The second kappa shape index (κ2) is 5.63. The maximum absolute atomic E-state index is 12.0. The molecule has 0 aliphatic carbocycles. The summed E-state index contributed by atoms with van der Waals surface area (Å²) in [5.41, 5.74) is 3.80. The Morgan fingerprint density at radius 3 is 2.91 bits per heavy atom. The highest BCUT2D eigenvalue weighted by molar-refractivity contribution is 5.79. The Kier molecular flexibility index (Phi) is 3.66. The average Bonchev–Trinajstić information content (AvgIpc) is 3.04. The van der Waals surface area contributed by atoms with Crippen LogP contribution in [0.1, 0.15) is 35.8 Å². The van der Waals surface area contributed by atoms with Gasteiger partial charge in [-0.05, 0) is 38.5 Å². The van der Waals surface area contributed by atoms with Crippen molar-refractivity contribution in [2.75, 3.05) is 0 Å². The lowest BCUT2D eigenvalue weighted by molar-refractivity contribution is -0.121. The maximum Gasteiger partial charge on any atom is 0.228 e. The van der Waals surface area contributed by atoms with Crippen LogP contribution >= 0.6 is 0 Å². The third-order valence-electron chi connectivity index (χ3n) is 3.45. The zero-order valence-electron chi connectivity index (χ0n) is 12.8. The molecule has 0 fully saturated rings. The van der Waals surface area contributed by atoms with E-state index in [9.17, 15) is 4.79 Å². The molecule has 0 radical (unpaired) electrons. The molecule has 0 spiro atoms. The zero-order valence-corrected chi connectivity index (χ0v) is 12.8. The predicted molar refractivity (Wildman–Crippen MR) is 82.3 cm³/mol. The minimum atomic E-state index is -0.204. The van der Waals surface area contributed by atoms with Crippen LogP contribution in [0.15, 0.2) is 28.8 Å². The third-order valence-corrected chi connectivity index (χ3v) is 3.45. The van der Waals surface area contributed by atoms with Crippen molar-refractivity contribution >= 4 is 16.9 Å². The molecule has 2 N–H and O–H groups in total. The normalized spacial score (nSPS) is 12.5. The summed E-state index contributed by atoms with van der Waals surface area (Å²) in [7, 11) is 0. The van der Waals surface area contributed by atoms with Crippen molar-refractivity contribution in [3.63, 3.8) is 0 Å². The Bertz CT molecular complexity index is 819. The molecule has 2 heterocycles. The van der Waals surface area contributed by atoms with Gasteiger partial charge in [-0.3, -0.25) is 4.79 Å². The summed E-state index contributed by atoms with van der Waals surface area (Å²) in [6.07, 6.45) is 0.171. The van der Waals surface area contributed by atoms with Crippen molar-refractivity contribution in [2.45, 2.75) is 33.2 Å². The van der Waals surface area contributed by atoms with Crippen LogP contribution in [0.2, 0.25) is 0 Å². The summed E-state index contributed by atoms with van der Waals surface area (Å²) < 4.78 is 5.05. The quantitative estimate of drug-likeness (QED) is 0.775. The molecule has 0 saturated carbocycles. The molecule has 6 heteroatoms. The lowest BCUT2D eigenvalue weighted by Crippen LogP contribution is -2.28. The number of H-pyrrole nitrogens is 1. The molecule has 2 aromatic heterocycles. The van der Waals surface area contributed by atoms with Crippen LogP contribution in [-0.4, -0.2) is 21.0 Å². The monoisotopic (exact) mass is 298 g/mol. The molecule has 22 heavy (non-hydrogen) atoms. The molecular formula is C16H18N4O2. The first-order valence-electron chi connectivity index (χ1n) is 7.19. The molecule has 0 saturated heterocycles. The fourth-order valence-corrected chi connectivity index (χ4v) is 2.37. The number of hydrogen-bond donors (Lipinski definition) is 2. The van der Waals surface area contributed by atoms with Crippen molar-refractivity contribution in [1.82, 2.24) is 20.4 Å². The van der Waals surface area contributed by atoms with E-state index in [0.29, 0.717) is 5.76 Å². The molecule has 6 nitrogen and oxygen atoms in total. The first-order valence-corrected chi connectivity index (χ1v) is 7.19. The smallest absolute Gasteiger partial charge is 0.228 e. The van der Waals surface area contributed by atoms with E-state index in [1.165, 1.54) is 5.56 Å². The van der Waals surface area contributed by atoms with E-state index in [4.69, 9.17) is 4.52 Å². The Morgan fingerprint density at radius 1 is 1.36 bits per heavy atom. The molecule has 0 bridgehead atoms. The van der Waals surface area contributed by atoms with Gasteiger partial charge in [0.25, 0.3) is 0 Å². The topological polar surface area (TPSA) is 83.8 Å². The van der Waals surface area contributed by atoms with Crippen molar-refractivity contribution in [1.29, 1.82) is 0 Å². The summed E-state index contributed by atoms with van der Waals surface area (Å²) in [5, 5.41) is 6.68. The van der Waals surface area contributed by atoms with E-state index in [0.717, 1.165) is 22.6 Å². The van der Waals surface area contributed by atoms with Crippen LogP contribution in [0.25, 0.3) is 11.0 Å². The van der Waals surface area contributed by atoms with Gasteiger partial charge < -0.3 is 14.8 Å². The number of nitrogens with one attached hydrogen (secondary N) is 2. The predicted octanol–water partition coefficient (Wildman–Crippen LogP) is 2.59. The summed E-state index contributed by atoms with van der Waals surface area (Å²) in [5.74, 6) is 1.17. The van der Waals surface area contributed by atoms with E-state index in [2.05, 4.69) is 20.4 Å². The summed E-state index contributed by atoms with van der Waals surface area (Å²) in [6.45, 7) is 5.75. The highest BCUT2D eigenvalue weighted by atomic mass is 16.5. The van der Waals surface area contributed by atoms with Crippen LogP contribution in [-0.2, 0) is 11.2 Å². The van der Waals surface area contributed by atoms with Crippen LogP contribution in [0.3, 0.4) is 0 Å². The Hall–Kier alpha value is -2.63. The molecule has 0 aliphatic heterocycles. The molecule has 3 aromatic rings. The van der Waals surface area contributed by atoms with Gasteiger partial charge in [0.1, 0.15) is 11.6 Å². The van der Waals surface area contributed by atoms with Crippen molar-refractivity contribution < 1.29 is 9.32 Å². The van der Waals surface area contributed by atoms with Gasteiger partial charge in [0.05, 0.1) is 29.2 Å². The Labute approximate surface area is 127 Å². The fourth-order valence-electron chi connectivity index (χ4n) is 2.37. The van der Waals surface area contributed by atoms with Gasteiger partial charge >= 0.3 is 0 Å². The van der Waals surface area contributed by atoms with Gasteiger partial charge in [-0.1, -0.05) is 11.2 Å². The fraction of sp³-hybridized carbons (Fsp3) is 0.312. The molecule has 1 amide bonds. The summed E-state index contributed by atoms with van der Waals surface area (Å²) >= 11 is 0. The minimum absolute atomic E-state index is 0.125. The number of imidazole rings is 1. The van der Waals surface area contributed by atoms with Crippen LogP contribution < -0.4 is 5.32 Å². The van der Waals surface area contributed by atoms with Crippen LogP contribution in [0, 0.1) is 13.8 Å². The number of carbonyl (C=O) groups excluding carboxylic acids is 1. The molecule has 1 aromatic carbocycles. The first kappa shape index (κ1) is 14.3. The van der Waals surface area contributed by atoms with E-state index in [-0.39, 0.29) is 18.4 Å². The number of hydrogen-bond acceptors (Lipinski definition) is 4. The van der Waals surface area contributed by atoms with Gasteiger partial charge in [0, 0.05) is 6.07 Å². The number of aromatic amines is 1. The number of fused-ring (bicyclic) bond motifs is 1. The van der Waals surface area contributed by atoms with Crippen molar-refractivity contribution in [3.05, 3.63) is 47.1 Å². The number of amides is 1. The van der Waals surface area contributed by atoms with Crippen molar-refractivity contribution in [2.24, 2.45) is 0 Å². The lowest BCUT2D eigenvalue weighted by Gasteiger charge is -2.10. The second-order valence-electron chi connectivity index (χ2n) is 5.54. The average molecular weight is 298 g/mol. The van der Waals surface area contributed by atoms with Gasteiger partial charge in [-0.2, -0.15) is 0 Å². The molecule has 1 atom stereocenters. The van der Waals surface area contributed by atoms with Gasteiger partial charge in [0.15, 0.2) is 0 Å². The SMILES string of the molecule is Cc1ccc2nc([C@@H](C)NC(=O)Cc3cc(C)no3)[nH]c2c1. The van der Waals surface area contributed by atoms with Crippen LogP contribution in [0.5, 0.6) is 0 Å². The third kappa shape index (κ3) is 3.00. The van der Waals surface area contributed by atoms with Crippen LogP contribution in [0.4, 0.5) is 0 Å². The molecule has 0 unspecified atom stereocenters. The number of carbonyl (C=O) groups is 1. The minimum Gasteiger partial charge on any atom is -0.361 e. The number of aromatic nitrogens is 3. The zero-order chi connectivity index (χ0) is 15.7. The largest absolute Gasteiger partial charge is 0.361 e. The first-order chi connectivity index (χ1) is 10.5.